The molecule has 0 bridgehead atoms. The number of aryl methyl sites for hydroxylation is 1. The highest BCUT2D eigenvalue weighted by molar-refractivity contribution is 6.34. The fourth-order valence-electron chi connectivity index (χ4n) is 3.62. The van der Waals surface area contributed by atoms with Gasteiger partial charge >= 0.3 is 6.18 Å². The van der Waals surface area contributed by atoms with E-state index in [1.165, 1.54) is 12.1 Å². The summed E-state index contributed by atoms with van der Waals surface area (Å²) in [7, 11) is 0. The normalized spacial score (nSPS) is 16.6. The van der Waals surface area contributed by atoms with E-state index < -0.39 is 11.7 Å². The second-order valence-electron chi connectivity index (χ2n) is 6.62. The molecule has 4 aromatic rings. The Bertz CT molecular complexity index is 1180. The molecule has 0 saturated carbocycles. The molecule has 6 nitrogen and oxygen atoms in total. The predicted molar refractivity (Wildman–Crippen MR) is 95.8 cm³/mol. The van der Waals surface area contributed by atoms with E-state index in [4.69, 9.17) is 11.6 Å². The first-order valence-electron chi connectivity index (χ1n) is 8.53. The first-order valence-corrected chi connectivity index (χ1v) is 8.90. The Kier molecular flexibility index (Phi) is 3.70. The van der Waals surface area contributed by atoms with Crippen LogP contribution in [-0.2, 0) is 12.6 Å². The molecule has 1 N–H and O–H groups in total. The monoisotopic (exact) mass is 404 g/mol. The van der Waals surface area contributed by atoms with Gasteiger partial charge in [0, 0.05) is 18.2 Å². The SMILES string of the molecule is FC(F)(F)c1ccc(C2CCc3nnc(-c4cnc5n[nH]c(Cl)c5c4)n32)cc1. The summed E-state index contributed by atoms with van der Waals surface area (Å²) >= 11 is 6.11. The molecule has 3 aromatic heterocycles. The zero-order valence-corrected chi connectivity index (χ0v) is 15.0. The summed E-state index contributed by atoms with van der Waals surface area (Å²) in [6, 6.07) is 6.93. The van der Waals surface area contributed by atoms with E-state index in [-0.39, 0.29) is 6.04 Å². The summed E-state index contributed by atoms with van der Waals surface area (Å²) < 4.78 is 40.5. The number of rotatable bonds is 2. The molecule has 1 unspecified atom stereocenters. The number of nitrogens with zero attached hydrogens (tertiary/aromatic N) is 5. The number of fused-ring (bicyclic) bond motifs is 2. The summed E-state index contributed by atoms with van der Waals surface area (Å²) in [5, 5.41) is 16.2. The lowest BCUT2D eigenvalue weighted by Crippen LogP contribution is -2.09. The van der Waals surface area contributed by atoms with E-state index in [2.05, 4.69) is 25.4 Å². The molecule has 1 aromatic carbocycles. The van der Waals surface area contributed by atoms with Crippen molar-refractivity contribution in [1.82, 2.24) is 29.9 Å². The van der Waals surface area contributed by atoms with Gasteiger partial charge in [-0.3, -0.25) is 5.10 Å². The molecule has 1 aliphatic rings. The van der Waals surface area contributed by atoms with Crippen LogP contribution >= 0.6 is 11.6 Å². The summed E-state index contributed by atoms with van der Waals surface area (Å²) in [6.45, 7) is 0. The number of halogens is 4. The van der Waals surface area contributed by atoms with Crippen LogP contribution in [0.3, 0.4) is 0 Å². The third-order valence-electron chi connectivity index (χ3n) is 4.96. The smallest absolute Gasteiger partial charge is 0.303 e. The predicted octanol–water partition coefficient (Wildman–Crippen LogP) is 4.42. The van der Waals surface area contributed by atoms with Crippen molar-refractivity contribution in [2.45, 2.75) is 25.1 Å². The largest absolute Gasteiger partial charge is 0.416 e. The first-order chi connectivity index (χ1) is 13.4. The average molecular weight is 405 g/mol. The molecule has 0 aliphatic carbocycles. The van der Waals surface area contributed by atoms with Crippen LogP contribution < -0.4 is 0 Å². The second kappa shape index (κ2) is 6.03. The Balaban J connectivity index is 1.57. The maximum atomic E-state index is 12.9. The Hall–Kier alpha value is -2.94. The van der Waals surface area contributed by atoms with Crippen molar-refractivity contribution in [3.05, 3.63) is 58.6 Å². The Morgan fingerprint density at radius 1 is 1.14 bits per heavy atom. The second-order valence-corrected chi connectivity index (χ2v) is 6.99. The van der Waals surface area contributed by atoms with Gasteiger partial charge in [-0.1, -0.05) is 23.7 Å². The molecule has 4 heterocycles. The molecular formula is C18H12ClF3N6. The number of hydrogen-bond acceptors (Lipinski definition) is 4. The highest BCUT2D eigenvalue weighted by Gasteiger charge is 2.32. The molecule has 10 heteroatoms. The summed E-state index contributed by atoms with van der Waals surface area (Å²) in [5.41, 5.74) is 1.33. The van der Waals surface area contributed by atoms with Crippen molar-refractivity contribution in [3.8, 4) is 11.4 Å². The number of benzene rings is 1. The van der Waals surface area contributed by atoms with Crippen LogP contribution in [-0.4, -0.2) is 29.9 Å². The van der Waals surface area contributed by atoms with E-state index >= 15 is 0 Å². The Morgan fingerprint density at radius 3 is 2.68 bits per heavy atom. The molecule has 1 aliphatic heterocycles. The molecule has 142 valence electrons. The van der Waals surface area contributed by atoms with Gasteiger partial charge in [-0.15, -0.1) is 10.2 Å². The molecule has 0 fully saturated rings. The molecule has 0 spiro atoms. The summed E-state index contributed by atoms with van der Waals surface area (Å²) in [5.74, 6) is 1.39. The van der Waals surface area contributed by atoms with Gasteiger partial charge in [0.15, 0.2) is 11.5 Å². The van der Waals surface area contributed by atoms with Crippen LogP contribution in [0.5, 0.6) is 0 Å². The maximum absolute atomic E-state index is 12.9. The van der Waals surface area contributed by atoms with Gasteiger partial charge < -0.3 is 4.57 Å². The van der Waals surface area contributed by atoms with Crippen molar-refractivity contribution < 1.29 is 13.2 Å². The van der Waals surface area contributed by atoms with Gasteiger partial charge in [0.05, 0.1) is 17.0 Å². The van der Waals surface area contributed by atoms with Crippen molar-refractivity contribution in [3.63, 3.8) is 0 Å². The fraction of sp³-hybridized carbons (Fsp3) is 0.222. The topological polar surface area (TPSA) is 72.3 Å². The van der Waals surface area contributed by atoms with Crippen LogP contribution in [0.25, 0.3) is 22.4 Å². The summed E-state index contributed by atoms with van der Waals surface area (Å²) in [4.78, 5) is 4.29. The number of aromatic nitrogens is 6. The van der Waals surface area contributed by atoms with E-state index in [0.717, 1.165) is 29.9 Å². The lowest BCUT2D eigenvalue weighted by molar-refractivity contribution is -0.137. The average Bonchev–Trinajstić information content (AvgIpc) is 3.36. The molecule has 1 atom stereocenters. The Morgan fingerprint density at radius 2 is 1.93 bits per heavy atom. The van der Waals surface area contributed by atoms with Gasteiger partial charge in [0.25, 0.3) is 0 Å². The van der Waals surface area contributed by atoms with Crippen LogP contribution in [0.15, 0.2) is 36.5 Å². The number of aromatic amines is 1. The third-order valence-corrected chi connectivity index (χ3v) is 5.25. The standard InChI is InChI=1S/C18H12ClF3N6/c19-15-12-7-10(8-23-16(12)26-25-15)17-27-24-14-6-5-13(28(14)17)9-1-3-11(4-2-9)18(20,21)22/h1-4,7-8,13H,5-6H2,(H,23,25,26). The lowest BCUT2D eigenvalue weighted by atomic mass is 10.0. The van der Waals surface area contributed by atoms with Gasteiger partial charge in [-0.25, -0.2) is 4.98 Å². The first kappa shape index (κ1) is 17.2. The molecular weight excluding hydrogens is 393 g/mol. The van der Waals surface area contributed by atoms with Crippen molar-refractivity contribution >= 4 is 22.6 Å². The number of alkyl halides is 3. The van der Waals surface area contributed by atoms with Crippen LogP contribution in [0.2, 0.25) is 5.15 Å². The fourth-order valence-corrected chi connectivity index (χ4v) is 3.80. The number of H-pyrrole nitrogens is 1. The minimum Gasteiger partial charge on any atom is -0.303 e. The van der Waals surface area contributed by atoms with Gasteiger partial charge in [-0.05, 0) is 30.2 Å². The molecule has 0 saturated heterocycles. The zero-order valence-electron chi connectivity index (χ0n) is 14.2. The van der Waals surface area contributed by atoms with Gasteiger partial charge in [-0.2, -0.15) is 18.3 Å². The van der Waals surface area contributed by atoms with Gasteiger partial charge in [0.2, 0.25) is 0 Å². The zero-order chi connectivity index (χ0) is 19.5. The Labute approximate surface area is 161 Å². The quantitative estimate of drug-likeness (QED) is 0.536. The van der Waals surface area contributed by atoms with Gasteiger partial charge in [0.1, 0.15) is 11.0 Å². The van der Waals surface area contributed by atoms with E-state index in [1.54, 1.807) is 6.20 Å². The summed E-state index contributed by atoms with van der Waals surface area (Å²) in [6.07, 6.45) is -1.28. The van der Waals surface area contributed by atoms with Crippen LogP contribution in [0.4, 0.5) is 13.2 Å². The highest BCUT2D eigenvalue weighted by Crippen LogP contribution is 2.37. The van der Waals surface area contributed by atoms with E-state index in [0.29, 0.717) is 34.0 Å². The highest BCUT2D eigenvalue weighted by atomic mass is 35.5. The molecule has 28 heavy (non-hydrogen) atoms. The lowest BCUT2D eigenvalue weighted by Gasteiger charge is -2.17. The number of pyridine rings is 1. The maximum Gasteiger partial charge on any atom is 0.416 e. The van der Waals surface area contributed by atoms with Crippen molar-refractivity contribution in [2.75, 3.05) is 0 Å². The van der Waals surface area contributed by atoms with E-state index in [9.17, 15) is 13.2 Å². The van der Waals surface area contributed by atoms with Crippen LogP contribution in [0, 0.1) is 0 Å². The third kappa shape index (κ3) is 2.65. The minimum atomic E-state index is -4.36. The van der Waals surface area contributed by atoms with Crippen molar-refractivity contribution in [2.24, 2.45) is 0 Å². The minimum absolute atomic E-state index is 0.141. The van der Waals surface area contributed by atoms with Crippen molar-refractivity contribution in [1.29, 1.82) is 0 Å². The molecule has 0 amide bonds. The number of hydrogen-bond donors (Lipinski definition) is 1. The molecule has 5 rings (SSSR count). The number of nitrogens with one attached hydrogen (secondary N) is 1. The van der Waals surface area contributed by atoms with Crippen LogP contribution in [0.1, 0.15) is 29.4 Å². The molecule has 0 radical (unpaired) electrons. The van der Waals surface area contributed by atoms with E-state index in [1.807, 2.05) is 10.6 Å².